The third-order valence-electron chi connectivity index (χ3n) is 3.38. The molecule has 0 amide bonds. The van der Waals surface area contributed by atoms with Crippen LogP contribution in [0.4, 0.5) is 0 Å². The molecule has 0 spiro atoms. The van der Waals surface area contributed by atoms with E-state index in [0.717, 1.165) is 9.80 Å². The molecule has 1 aliphatic rings. The third-order valence-corrected chi connectivity index (χ3v) is 4.48. The average Bonchev–Trinajstić information content (AvgIpc) is 3.09. The van der Waals surface area contributed by atoms with Crippen LogP contribution < -0.4 is 0 Å². The molecular formula is C14H14Br2N2. The Hall–Kier alpha value is -0.610. The normalized spacial score (nSPS) is 15.1. The fraction of sp³-hybridized carbons (Fsp3) is 0.357. The van der Waals surface area contributed by atoms with Crippen molar-refractivity contribution in [1.82, 2.24) is 9.78 Å². The molecule has 0 unspecified atom stereocenters. The lowest BCUT2D eigenvalue weighted by molar-refractivity contribution is 0.800. The highest BCUT2D eigenvalue weighted by Gasteiger charge is 2.30. The minimum atomic E-state index is 0.697. The molecule has 0 saturated heterocycles. The molecule has 0 N–H and O–H groups in total. The number of halogens is 2. The maximum absolute atomic E-state index is 4.58. The molecule has 4 heteroatoms. The van der Waals surface area contributed by atoms with Gasteiger partial charge in [-0.2, -0.15) is 5.10 Å². The lowest BCUT2D eigenvalue weighted by Gasteiger charge is -2.11. The molecule has 18 heavy (non-hydrogen) atoms. The molecule has 2 aromatic rings. The van der Waals surface area contributed by atoms with Gasteiger partial charge in [0.05, 0.1) is 17.6 Å². The summed E-state index contributed by atoms with van der Waals surface area (Å²) < 4.78 is 3.24. The van der Waals surface area contributed by atoms with Crippen LogP contribution in [0.3, 0.4) is 0 Å². The summed E-state index contributed by atoms with van der Waals surface area (Å²) in [6.45, 7) is 2.13. The summed E-state index contributed by atoms with van der Waals surface area (Å²) in [5, 5.41) is 5.46. The van der Waals surface area contributed by atoms with Gasteiger partial charge in [-0.15, -0.1) is 0 Å². The zero-order valence-corrected chi connectivity index (χ0v) is 13.3. The minimum absolute atomic E-state index is 0.697. The van der Waals surface area contributed by atoms with E-state index >= 15 is 0 Å². The second kappa shape index (κ2) is 4.82. The summed E-state index contributed by atoms with van der Waals surface area (Å²) in [6, 6.07) is 6.35. The summed E-state index contributed by atoms with van der Waals surface area (Å²) in [7, 11) is 0. The van der Waals surface area contributed by atoms with Crippen molar-refractivity contribution in [2.75, 3.05) is 0 Å². The Morgan fingerprint density at radius 3 is 2.78 bits per heavy atom. The Morgan fingerprint density at radius 2 is 2.17 bits per heavy atom. The highest BCUT2D eigenvalue weighted by atomic mass is 79.9. The van der Waals surface area contributed by atoms with Gasteiger partial charge in [-0.05, 0) is 43.5 Å². The highest BCUT2D eigenvalue weighted by Crippen LogP contribution is 2.43. The summed E-state index contributed by atoms with van der Waals surface area (Å²) in [4.78, 5) is 0. The Labute approximate surface area is 124 Å². The first-order valence-corrected chi connectivity index (χ1v) is 8.01. The maximum atomic E-state index is 4.58. The fourth-order valence-corrected chi connectivity index (χ4v) is 3.24. The molecule has 0 atom stereocenters. The molecule has 1 aromatic heterocycles. The van der Waals surface area contributed by atoms with Gasteiger partial charge in [0.15, 0.2) is 0 Å². The number of benzene rings is 1. The second-order valence-electron chi connectivity index (χ2n) is 4.81. The van der Waals surface area contributed by atoms with E-state index in [4.69, 9.17) is 0 Å². The first-order valence-electron chi connectivity index (χ1n) is 6.10. The van der Waals surface area contributed by atoms with Crippen molar-refractivity contribution < 1.29 is 0 Å². The zero-order valence-electron chi connectivity index (χ0n) is 10.2. The summed E-state index contributed by atoms with van der Waals surface area (Å²) >= 11 is 7.07. The lowest BCUT2D eigenvalue weighted by Crippen LogP contribution is -2.04. The number of hydrogen-bond acceptors (Lipinski definition) is 1. The second-order valence-corrected chi connectivity index (χ2v) is 6.28. The van der Waals surface area contributed by atoms with Crippen molar-refractivity contribution in [3.8, 4) is 5.69 Å². The molecule has 3 rings (SSSR count). The van der Waals surface area contributed by atoms with Crippen LogP contribution >= 0.6 is 31.9 Å². The Balaban J connectivity index is 2.13. The smallest absolute Gasteiger partial charge is 0.0678 e. The van der Waals surface area contributed by atoms with Crippen LogP contribution in [0.25, 0.3) is 5.69 Å². The number of hydrogen-bond donors (Lipinski definition) is 0. The van der Waals surface area contributed by atoms with Crippen LogP contribution in [0.5, 0.6) is 0 Å². The molecule has 0 radical (unpaired) electrons. The van der Waals surface area contributed by atoms with Gasteiger partial charge in [0.25, 0.3) is 0 Å². The van der Waals surface area contributed by atoms with Crippen molar-refractivity contribution in [2.24, 2.45) is 0 Å². The average molecular weight is 370 g/mol. The van der Waals surface area contributed by atoms with E-state index in [9.17, 15) is 0 Å². The first kappa shape index (κ1) is 12.4. The molecule has 1 saturated carbocycles. The number of nitrogens with zero attached hydrogens (tertiary/aromatic N) is 2. The van der Waals surface area contributed by atoms with Crippen molar-refractivity contribution in [2.45, 2.75) is 31.0 Å². The maximum Gasteiger partial charge on any atom is 0.0678 e. The van der Waals surface area contributed by atoms with Gasteiger partial charge in [0, 0.05) is 21.3 Å². The Kier molecular flexibility index (Phi) is 3.32. The van der Waals surface area contributed by atoms with Gasteiger partial charge in [-0.1, -0.05) is 31.9 Å². The molecule has 1 aromatic carbocycles. The fourth-order valence-electron chi connectivity index (χ4n) is 2.34. The summed E-state index contributed by atoms with van der Waals surface area (Å²) in [5.41, 5.74) is 5.14. The van der Waals surface area contributed by atoms with Crippen LogP contribution in [0.1, 0.15) is 35.6 Å². The van der Waals surface area contributed by atoms with E-state index in [1.165, 1.54) is 35.3 Å². The number of aryl methyl sites for hydroxylation is 1. The largest absolute Gasteiger partial charge is 0.237 e. The van der Waals surface area contributed by atoms with Gasteiger partial charge >= 0.3 is 0 Å². The summed E-state index contributed by atoms with van der Waals surface area (Å²) in [6.07, 6.45) is 4.58. The van der Waals surface area contributed by atoms with Gasteiger partial charge in [0.2, 0.25) is 0 Å². The summed E-state index contributed by atoms with van der Waals surface area (Å²) in [5.74, 6) is 0.697. The SMILES string of the molecule is Cc1cc(Br)ccc1-n1ncc(CBr)c1C1CC1. The van der Waals surface area contributed by atoms with Gasteiger partial charge < -0.3 is 0 Å². The molecule has 0 aliphatic heterocycles. The van der Waals surface area contributed by atoms with E-state index in [0.29, 0.717) is 5.92 Å². The van der Waals surface area contributed by atoms with Crippen LogP contribution in [0.15, 0.2) is 28.9 Å². The van der Waals surface area contributed by atoms with E-state index < -0.39 is 0 Å². The van der Waals surface area contributed by atoms with Gasteiger partial charge in [-0.3, -0.25) is 0 Å². The van der Waals surface area contributed by atoms with Crippen LogP contribution in [-0.2, 0) is 5.33 Å². The van der Waals surface area contributed by atoms with Crippen LogP contribution in [0.2, 0.25) is 0 Å². The number of alkyl halides is 1. The van der Waals surface area contributed by atoms with E-state index in [-0.39, 0.29) is 0 Å². The lowest BCUT2D eigenvalue weighted by atomic mass is 10.1. The Bertz CT molecular complexity index is 585. The van der Waals surface area contributed by atoms with Crippen molar-refractivity contribution in [3.05, 3.63) is 45.7 Å². The first-order chi connectivity index (χ1) is 8.70. The minimum Gasteiger partial charge on any atom is -0.237 e. The molecule has 94 valence electrons. The standard InChI is InChI=1S/C14H14Br2N2/c1-9-6-12(16)4-5-13(9)18-14(10-2-3-10)11(7-15)8-17-18/h4-6,8,10H,2-3,7H2,1H3. The monoisotopic (exact) mass is 368 g/mol. The molecule has 1 fully saturated rings. The van der Waals surface area contributed by atoms with Crippen molar-refractivity contribution in [3.63, 3.8) is 0 Å². The predicted molar refractivity (Wildman–Crippen MR) is 80.6 cm³/mol. The molecular weight excluding hydrogens is 356 g/mol. The van der Waals surface area contributed by atoms with E-state index in [1.54, 1.807) is 0 Å². The van der Waals surface area contributed by atoms with Gasteiger partial charge in [0.1, 0.15) is 0 Å². The topological polar surface area (TPSA) is 17.8 Å². The Morgan fingerprint density at radius 1 is 1.39 bits per heavy atom. The quantitative estimate of drug-likeness (QED) is 0.716. The van der Waals surface area contributed by atoms with Gasteiger partial charge in [-0.25, -0.2) is 4.68 Å². The van der Waals surface area contributed by atoms with E-state index in [2.05, 4.69) is 66.8 Å². The predicted octanol–water partition coefficient (Wildman–Crippen LogP) is 4.72. The number of rotatable bonds is 3. The molecule has 1 heterocycles. The van der Waals surface area contributed by atoms with E-state index in [1.807, 2.05) is 6.20 Å². The number of aromatic nitrogens is 2. The van der Waals surface area contributed by atoms with Crippen molar-refractivity contribution >= 4 is 31.9 Å². The van der Waals surface area contributed by atoms with Crippen LogP contribution in [-0.4, -0.2) is 9.78 Å². The molecule has 1 aliphatic carbocycles. The highest BCUT2D eigenvalue weighted by molar-refractivity contribution is 9.10. The molecule has 0 bridgehead atoms. The zero-order chi connectivity index (χ0) is 12.7. The molecule has 2 nitrogen and oxygen atoms in total. The van der Waals surface area contributed by atoms with Crippen molar-refractivity contribution in [1.29, 1.82) is 0 Å². The van der Waals surface area contributed by atoms with Crippen LogP contribution in [0, 0.1) is 6.92 Å². The third kappa shape index (κ3) is 2.16.